The Kier molecular flexibility index (Phi) is 6.30. The number of ether oxygens (including phenoxy) is 4. The standard InChI is InChI=1S/C25H28N2O7/c1-2-7-26-23(29)11-16-10-18-17-9-15(4-6-19(17)34-24(18)22(12-28)33-16)27-25(30)14-3-5-20-21(8-14)32-13-31-20/h3-6,8-9,16,18,22,24,28H,2,7,10-13H2,1H3,(H,26,29)(H,27,30)/t16-,18+,22-,24-/m0/s1. The van der Waals surface area contributed by atoms with Gasteiger partial charge in [-0.25, -0.2) is 0 Å². The largest absolute Gasteiger partial charge is 0.487 e. The molecule has 9 heteroatoms. The Morgan fingerprint density at radius 1 is 1.09 bits per heavy atom. The molecule has 180 valence electrons. The molecule has 0 unspecified atom stereocenters. The van der Waals surface area contributed by atoms with Crippen molar-refractivity contribution in [2.45, 2.75) is 50.4 Å². The summed E-state index contributed by atoms with van der Waals surface area (Å²) < 4.78 is 22.8. The van der Waals surface area contributed by atoms with E-state index in [4.69, 9.17) is 18.9 Å². The SMILES string of the molecule is CCCNC(=O)C[C@@H]1C[C@@H]2c3cc(NC(=O)c4ccc5c(c4)OCO5)ccc3O[C@@H]2[C@H](CO)O1. The lowest BCUT2D eigenvalue weighted by Crippen LogP contribution is -2.47. The van der Waals surface area contributed by atoms with E-state index in [0.717, 1.165) is 12.0 Å². The van der Waals surface area contributed by atoms with Crippen molar-refractivity contribution >= 4 is 17.5 Å². The number of hydrogen-bond donors (Lipinski definition) is 3. The summed E-state index contributed by atoms with van der Waals surface area (Å²) >= 11 is 0. The van der Waals surface area contributed by atoms with Gasteiger partial charge in [0.05, 0.1) is 19.1 Å². The number of amides is 2. The Balaban J connectivity index is 1.31. The van der Waals surface area contributed by atoms with Gasteiger partial charge in [-0.15, -0.1) is 0 Å². The smallest absolute Gasteiger partial charge is 0.255 e. The van der Waals surface area contributed by atoms with Gasteiger partial charge in [0, 0.05) is 29.3 Å². The lowest BCUT2D eigenvalue weighted by Gasteiger charge is -2.37. The van der Waals surface area contributed by atoms with E-state index in [-0.39, 0.29) is 49.8 Å². The molecule has 0 spiro atoms. The van der Waals surface area contributed by atoms with E-state index in [1.807, 2.05) is 19.1 Å². The van der Waals surface area contributed by atoms with Crippen LogP contribution in [0.4, 0.5) is 5.69 Å². The third-order valence-corrected chi connectivity index (χ3v) is 6.38. The summed E-state index contributed by atoms with van der Waals surface area (Å²) in [5, 5.41) is 15.7. The zero-order valence-electron chi connectivity index (χ0n) is 18.9. The van der Waals surface area contributed by atoms with Gasteiger partial charge in [-0.2, -0.15) is 0 Å². The van der Waals surface area contributed by atoms with Gasteiger partial charge >= 0.3 is 0 Å². The maximum Gasteiger partial charge on any atom is 0.255 e. The number of nitrogens with one attached hydrogen (secondary N) is 2. The van der Waals surface area contributed by atoms with Gasteiger partial charge in [0.2, 0.25) is 12.7 Å². The Labute approximate surface area is 197 Å². The number of benzene rings is 2. The summed E-state index contributed by atoms with van der Waals surface area (Å²) in [5.74, 6) is 1.49. The number of anilines is 1. The van der Waals surface area contributed by atoms with Gasteiger partial charge in [-0.05, 0) is 49.2 Å². The molecule has 3 N–H and O–H groups in total. The predicted octanol–water partition coefficient (Wildman–Crippen LogP) is 2.58. The average molecular weight is 469 g/mol. The molecule has 3 aliphatic rings. The Morgan fingerprint density at radius 3 is 2.74 bits per heavy atom. The maximum absolute atomic E-state index is 12.8. The van der Waals surface area contributed by atoms with Gasteiger partial charge in [-0.1, -0.05) is 6.92 Å². The first-order valence-electron chi connectivity index (χ1n) is 11.6. The molecular weight excluding hydrogens is 440 g/mol. The molecule has 0 bridgehead atoms. The Morgan fingerprint density at radius 2 is 1.91 bits per heavy atom. The molecular formula is C25H28N2O7. The van der Waals surface area contributed by atoms with Crippen molar-refractivity contribution in [1.29, 1.82) is 0 Å². The fourth-order valence-electron chi connectivity index (χ4n) is 4.75. The molecule has 9 nitrogen and oxygen atoms in total. The summed E-state index contributed by atoms with van der Waals surface area (Å²) in [6.07, 6.45) is 0.500. The third-order valence-electron chi connectivity index (χ3n) is 6.38. The first-order chi connectivity index (χ1) is 16.6. The lowest BCUT2D eigenvalue weighted by molar-refractivity contribution is -0.142. The van der Waals surface area contributed by atoms with Crippen LogP contribution in [0.25, 0.3) is 0 Å². The lowest BCUT2D eigenvalue weighted by atomic mass is 9.84. The highest BCUT2D eigenvalue weighted by atomic mass is 16.7. The molecule has 0 aromatic heterocycles. The minimum atomic E-state index is -0.526. The van der Waals surface area contributed by atoms with E-state index in [0.29, 0.717) is 41.5 Å². The van der Waals surface area contributed by atoms with E-state index in [1.54, 1.807) is 24.3 Å². The van der Waals surface area contributed by atoms with E-state index in [2.05, 4.69) is 10.6 Å². The third kappa shape index (κ3) is 4.41. The number of aliphatic hydroxyl groups is 1. The second kappa shape index (κ2) is 9.52. The molecule has 1 fully saturated rings. The van der Waals surface area contributed by atoms with Crippen LogP contribution in [0.1, 0.15) is 48.0 Å². The van der Waals surface area contributed by atoms with Gasteiger partial charge in [0.15, 0.2) is 11.5 Å². The maximum atomic E-state index is 12.8. The van der Waals surface area contributed by atoms with Crippen LogP contribution in [0.5, 0.6) is 17.2 Å². The number of carbonyl (C=O) groups excluding carboxylic acids is 2. The number of fused-ring (bicyclic) bond motifs is 4. The van der Waals surface area contributed by atoms with Crippen LogP contribution >= 0.6 is 0 Å². The summed E-state index contributed by atoms with van der Waals surface area (Å²) in [5.41, 5.74) is 2.03. The van der Waals surface area contributed by atoms with Gasteiger partial charge in [0.1, 0.15) is 18.0 Å². The molecule has 3 aliphatic heterocycles. The van der Waals surface area contributed by atoms with E-state index in [9.17, 15) is 14.7 Å². The summed E-state index contributed by atoms with van der Waals surface area (Å²) in [6.45, 7) is 2.57. The monoisotopic (exact) mass is 468 g/mol. The van der Waals surface area contributed by atoms with Gasteiger partial charge < -0.3 is 34.7 Å². The van der Waals surface area contributed by atoms with Crippen LogP contribution in [0, 0.1) is 0 Å². The van der Waals surface area contributed by atoms with Crippen molar-refractivity contribution in [2.75, 3.05) is 25.3 Å². The van der Waals surface area contributed by atoms with Crippen LogP contribution in [0.15, 0.2) is 36.4 Å². The molecule has 4 atom stereocenters. The van der Waals surface area contributed by atoms with Gasteiger partial charge in [-0.3, -0.25) is 9.59 Å². The van der Waals surface area contributed by atoms with Crippen LogP contribution in [0.3, 0.4) is 0 Å². The molecule has 2 aromatic rings. The van der Waals surface area contributed by atoms with E-state index >= 15 is 0 Å². The van der Waals surface area contributed by atoms with Crippen molar-refractivity contribution in [2.24, 2.45) is 0 Å². The van der Waals surface area contributed by atoms with Gasteiger partial charge in [0.25, 0.3) is 5.91 Å². The molecule has 0 aliphatic carbocycles. The van der Waals surface area contributed by atoms with Crippen molar-refractivity contribution in [1.82, 2.24) is 5.32 Å². The average Bonchev–Trinajstić information content (AvgIpc) is 3.46. The highest BCUT2D eigenvalue weighted by Crippen LogP contribution is 2.47. The molecule has 34 heavy (non-hydrogen) atoms. The topological polar surface area (TPSA) is 115 Å². The van der Waals surface area contributed by atoms with Crippen molar-refractivity contribution in [3.63, 3.8) is 0 Å². The first kappa shape index (κ1) is 22.5. The zero-order chi connectivity index (χ0) is 23.7. The molecule has 2 amide bonds. The zero-order valence-corrected chi connectivity index (χ0v) is 18.9. The van der Waals surface area contributed by atoms with E-state index < -0.39 is 6.10 Å². The molecule has 0 saturated carbocycles. The minimum Gasteiger partial charge on any atom is -0.487 e. The fraction of sp³-hybridized carbons (Fsp3) is 0.440. The van der Waals surface area contributed by atoms with Crippen LogP contribution in [0.2, 0.25) is 0 Å². The Hall–Kier alpha value is -3.30. The fourth-order valence-corrected chi connectivity index (χ4v) is 4.75. The van der Waals surface area contributed by atoms with Crippen LogP contribution in [-0.2, 0) is 9.53 Å². The molecule has 3 heterocycles. The Bertz CT molecular complexity index is 1090. The molecule has 2 aromatic carbocycles. The molecule has 1 saturated heterocycles. The highest BCUT2D eigenvalue weighted by molar-refractivity contribution is 6.04. The second-order valence-electron chi connectivity index (χ2n) is 8.73. The normalized spacial score (nSPS) is 24.1. The van der Waals surface area contributed by atoms with Crippen LogP contribution < -0.4 is 24.8 Å². The quantitative estimate of drug-likeness (QED) is 0.572. The second-order valence-corrected chi connectivity index (χ2v) is 8.73. The number of rotatable bonds is 7. The van der Waals surface area contributed by atoms with Crippen molar-refractivity contribution < 1.29 is 33.6 Å². The molecule has 5 rings (SSSR count). The van der Waals surface area contributed by atoms with Crippen molar-refractivity contribution in [3.8, 4) is 17.2 Å². The summed E-state index contributed by atoms with van der Waals surface area (Å²) in [6, 6.07) is 10.6. The molecule has 0 radical (unpaired) electrons. The summed E-state index contributed by atoms with van der Waals surface area (Å²) in [7, 11) is 0. The summed E-state index contributed by atoms with van der Waals surface area (Å²) in [4.78, 5) is 25.1. The van der Waals surface area contributed by atoms with Crippen LogP contribution in [-0.4, -0.2) is 55.2 Å². The number of hydrogen-bond acceptors (Lipinski definition) is 7. The van der Waals surface area contributed by atoms with E-state index in [1.165, 1.54) is 0 Å². The number of aliphatic hydroxyl groups excluding tert-OH is 1. The highest BCUT2D eigenvalue weighted by Gasteiger charge is 2.46. The first-order valence-corrected chi connectivity index (χ1v) is 11.6. The minimum absolute atomic E-state index is 0.0488. The predicted molar refractivity (Wildman–Crippen MR) is 122 cm³/mol. The number of carbonyl (C=O) groups is 2. The van der Waals surface area contributed by atoms with Crippen molar-refractivity contribution in [3.05, 3.63) is 47.5 Å².